The fourth-order valence-electron chi connectivity index (χ4n) is 5.46. The minimum atomic E-state index is -0.410. The largest absolute Gasteiger partial charge is 0.496 e. The van der Waals surface area contributed by atoms with Gasteiger partial charge in [-0.2, -0.15) is 10.2 Å². The molecule has 0 amide bonds. The van der Waals surface area contributed by atoms with Gasteiger partial charge < -0.3 is 14.2 Å². The van der Waals surface area contributed by atoms with Crippen LogP contribution in [0.4, 0.5) is 0 Å². The molecule has 3 aromatic heterocycles. The Labute approximate surface area is 243 Å². The molecule has 0 bridgehead atoms. The molecule has 0 N–H and O–H groups in total. The molecule has 3 heterocycles. The lowest BCUT2D eigenvalue weighted by Crippen LogP contribution is -2.09. The first kappa shape index (κ1) is 27.3. The van der Waals surface area contributed by atoms with Gasteiger partial charge in [0.25, 0.3) is 0 Å². The van der Waals surface area contributed by atoms with Crippen LogP contribution in [0.25, 0.3) is 33.6 Å². The summed E-state index contributed by atoms with van der Waals surface area (Å²) < 4.78 is 19.4. The summed E-state index contributed by atoms with van der Waals surface area (Å²) >= 11 is 0. The van der Waals surface area contributed by atoms with Crippen molar-refractivity contribution < 1.29 is 19.0 Å². The minimum Gasteiger partial charge on any atom is -0.496 e. The van der Waals surface area contributed by atoms with E-state index in [0.717, 1.165) is 63.3 Å². The summed E-state index contributed by atoms with van der Waals surface area (Å²) in [5, 5.41) is 9.33. The van der Waals surface area contributed by atoms with Gasteiger partial charge in [0, 0.05) is 55.2 Å². The lowest BCUT2D eigenvalue weighted by atomic mass is 9.91. The molecule has 0 saturated heterocycles. The van der Waals surface area contributed by atoms with Crippen LogP contribution < -0.4 is 4.74 Å². The number of aromatic nitrogens is 6. The molecule has 6 rings (SSSR count). The molecule has 5 aromatic rings. The van der Waals surface area contributed by atoms with E-state index in [1.807, 2.05) is 41.1 Å². The molecule has 1 aliphatic rings. The van der Waals surface area contributed by atoms with Crippen LogP contribution in [0, 0.1) is 0 Å². The number of hydrogen-bond donors (Lipinski definition) is 0. The summed E-state index contributed by atoms with van der Waals surface area (Å²) in [6, 6.07) is 13.8. The van der Waals surface area contributed by atoms with Gasteiger partial charge in [0.2, 0.25) is 0 Å². The third kappa shape index (κ3) is 5.16. The zero-order valence-corrected chi connectivity index (χ0v) is 24.1. The molecule has 2 aromatic carbocycles. The molecule has 1 aliphatic carbocycles. The Morgan fingerprint density at radius 2 is 1.79 bits per heavy atom. The van der Waals surface area contributed by atoms with Crippen LogP contribution in [0.3, 0.4) is 0 Å². The van der Waals surface area contributed by atoms with E-state index in [0.29, 0.717) is 36.7 Å². The van der Waals surface area contributed by atoms with Crippen molar-refractivity contribution in [1.29, 1.82) is 0 Å². The second-order valence-corrected chi connectivity index (χ2v) is 10.2. The zero-order chi connectivity index (χ0) is 29.2. The summed E-state index contributed by atoms with van der Waals surface area (Å²) in [5.74, 6) is 0.847. The second-order valence-electron chi connectivity index (χ2n) is 10.2. The van der Waals surface area contributed by atoms with Crippen LogP contribution >= 0.6 is 0 Å². The van der Waals surface area contributed by atoms with Crippen LogP contribution in [-0.4, -0.2) is 63.4 Å². The fourth-order valence-corrected chi connectivity index (χ4v) is 5.46. The van der Waals surface area contributed by atoms with Gasteiger partial charge in [0.15, 0.2) is 0 Å². The third-order valence-electron chi connectivity index (χ3n) is 7.61. The average Bonchev–Trinajstić information content (AvgIpc) is 3.64. The maximum Gasteiger partial charge on any atom is 0.337 e. The molecule has 0 aliphatic heterocycles. The molecule has 0 unspecified atom stereocenters. The van der Waals surface area contributed by atoms with E-state index >= 15 is 0 Å². The number of benzene rings is 2. The highest BCUT2D eigenvalue weighted by molar-refractivity contribution is 5.90. The number of carbonyl (C=O) groups is 1. The maximum absolute atomic E-state index is 12.0. The number of methoxy groups -OCH3 is 3. The molecule has 0 atom stereocenters. The van der Waals surface area contributed by atoms with E-state index in [4.69, 9.17) is 24.3 Å². The number of nitrogens with zero attached hydrogens (tertiary/aromatic N) is 6. The SMILES string of the molecule is COCCn1cc(-c2ccc(-c3c4c(nn3C)CCc3cnc(Cc5ccc(C(=O)OC)cc5OC)nc3-4)cc2)cn1. The summed E-state index contributed by atoms with van der Waals surface area (Å²) in [6.07, 6.45) is 7.96. The molecule has 0 fully saturated rings. The Kier molecular flexibility index (Phi) is 7.54. The Hall–Kier alpha value is -4.83. The van der Waals surface area contributed by atoms with Crippen molar-refractivity contribution in [3.8, 4) is 39.4 Å². The Morgan fingerprint density at radius 1 is 0.976 bits per heavy atom. The van der Waals surface area contributed by atoms with E-state index in [9.17, 15) is 4.79 Å². The molecule has 10 heteroatoms. The van der Waals surface area contributed by atoms with E-state index in [-0.39, 0.29) is 0 Å². The lowest BCUT2D eigenvalue weighted by molar-refractivity contribution is 0.0600. The average molecular weight is 565 g/mol. The van der Waals surface area contributed by atoms with Crippen molar-refractivity contribution in [2.75, 3.05) is 27.9 Å². The summed E-state index contributed by atoms with van der Waals surface area (Å²) in [7, 11) is 6.62. The predicted octanol–water partition coefficient (Wildman–Crippen LogP) is 4.54. The fraction of sp³-hybridized carbons (Fsp3) is 0.281. The topological polar surface area (TPSA) is 106 Å². The van der Waals surface area contributed by atoms with Gasteiger partial charge in [0.05, 0.1) is 56.2 Å². The number of rotatable bonds is 9. The predicted molar refractivity (Wildman–Crippen MR) is 157 cm³/mol. The molecule has 10 nitrogen and oxygen atoms in total. The molecular weight excluding hydrogens is 532 g/mol. The molecule has 42 heavy (non-hydrogen) atoms. The van der Waals surface area contributed by atoms with Gasteiger partial charge >= 0.3 is 5.97 Å². The van der Waals surface area contributed by atoms with E-state index < -0.39 is 5.97 Å². The van der Waals surface area contributed by atoms with Crippen molar-refractivity contribution in [2.24, 2.45) is 7.05 Å². The van der Waals surface area contributed by atoms with Crippen LogP contribution in [0.5, 0.6) is 5.75 Å². The van der Waals surface area contributed by atoms with Crippen molar-refractivity contribution in [2.45, 2.75) is 25.8 Å². The van der Waals surface area contributed by atoms with E-state index in [1.54, 1.807) is 26.4 Å². The van der Waals surface area contributed by atoms with Crippen molar-refractivity contribution >= 4 is 5.97 Å². The number of hydrogen-bond acceptors (Lipinski definition) is 8. The molecule has 0 radical (unpaired) electrons. The monoisotopic (exact) mass is 564 g/mol. The van der Waals surface area contributed by atoms with Crippen molar-refractivity contribution in [3.63, 3.8) is 0 Å². The Morgan fingerprint density at radius 3 is 2.55 bits per heavy atom. The quantitative estimate of drug-likeness (QED) is 0.240. The normalized spacial score (nSPS) is 12.1. The first-order valence-corrected chi connectivity index (χ1v) is 13.8. The van der Waals surface area contributed by atoms with Gasteiger partial charge in [-0.15, -0.1) is 0 Å². The summed E-state index contributed by atoms with van der Waals surface area (Å²) in [5.41, 5.74) is 9.66. The highest BCUT2D eigenvalue weighted by Crippen LogP contribution is 2.40. The van der Waals surface area contributed by atoms with E-state index in [2.05, 4.69) is 34.3 Å². The van der Waals surface area contributed by atoms with Crippen molar-refractivity contribution in [1.82, 2.24) is 29.5 Å². The minimum absolute atomic E-state index is 0.410. The maximum atomic E-state index is 12.0. The number of ether oxygens (including phenoxy) is 3. The van der Waals surface area contributed by atoms with Crippen LogP contribution in [0.2, 0.25) is 0 Å². The number of fused-ring (bicyclic) bond motifs is 3. The lowest BCUT2D eigenvalue weighted by Gasteiger charge is -2.17. The highest BCUT2D eigenvalue weighted by Gasteiger charge is 2.27. The number of carbonyl (C=O) groups excluding carboxylic acids is 1. The first-order valence-electron chi connectivity index (χ1n) is 13.8. The van der Waals surface area contributed by atoms with Gasteiger partial charge in [0.1, 0.15) is 11.6 Å². The summed E-state index contributed by atoms with van der Waals surface area (Å²) in [6.45, 7) is 1.33. The van der Waals surface area contributed by atoms with Crippen LogP contribution in [0.1, 0.15) is 33.0 Å². The van der Waals surface area contributed by atoms with Crippen LogP contribution in [-0.2, 0) is 42.3 Å². The molecule has 214 valence electrons. The van der Waals surface area contributed by atoms with E-state index in [1.165, 1.54) is 7.11 Å². The Bertz CT molecular complexity index is 1760. The third-order valence-corrected chi connectivity index (χ3v) is 7.61. The first-order chi connectivity index (χ1) is 20.5. The Balaban J connectivity index is 1.32. The highest BCUT2D eigenvalue weighted by atomic mass is 16.5. The van der Waals surface area contributed by atoms with Gasteiger partial charge in [-0.3, -0.25) is 9.36 Å². The molecule has 0 saturated carbocycles. The van der Waals surface area contributed by atoms with Gasteiger partial charge in [-0.05, 0) is 36.1 Å². The molecular formula is C32H32N6O4. The smallest absolute Gasteiger partial charge is 0.337 e. The zero-order valence-electron chi connectivity index (χ0n) is 24.1. The summed E-state index contributed by atoms with van der Waals surface area (Å²) in [4.78, 5) is 21.7. The van der Waals surface area contributed by atoms with Crippen LogP contribution in [0.15, 0.2) is 61.1 Å². The molecule has 0 spiro atoms. The van der Waals surface area contributed by atoms with Crippen molar-refractivity contribution in [3.05, 3.63) is 89.3 Å². The number of aryl methyl sites for hydroxylation is 3. The second kappa shape index (κ2) is 11.6. The van der Waals surface area contributed by atoms with Gasteiger partial charge in [-0.1, -0.05) is 30.3 Å². The van der Waals surface area contributed by atoms with Gasteiger partial charge in [-0.25, -0.2) is 14.8 Å². The number of esters is 1. The standard InChI is InChI=1S/C32H32N6O4/c1-37-31(21-7-5-20(6-8-21)25-18-34-38(19-25)13-14-40-2)29-26(36-37)12-11-24-17-33-28(35-30(24)29)16-22-9-10-23(32(39)42-4)15-27(22)41-3/h5-10,15,17-19H,11-14,16H2,1-4H3.